The highest BCUT2D eigenvalue weighted by atomic mass is 16.2. The van der Waals surface area contributed by atoms with Gasteiger partial charge in [0.25, 0.3) is 0 Å². The SMILES string of the molecule is C[C@@H](NC(=O)[C@@H]1Cc2ccccc21)c1nc2ccccc2n1C. The second-order valence-corrected chi connectivity index (χ2v) is 6.20. The summed E-state index contributed by atoms with van der Waals surface area (Å²) in [5.74, 6) is 0.943. The van der Waals surface area contributed by atoms with Crippen molar-refractivity contribution in [3.63, 3.8) is 0 Å². The molecule has 1 N–H and O–H groups in total. The molecule has 0 unspecified atom stereocenters. The normalized spacial score (nSPS) is 17.4. The molecule has 1 aromatic heterocycles. The van der Waals surface area contributed by atoms with Crippen LogP contribution in [0.3, 0.4) is 0 Å². The first-order valence-electron chi connectivity index (χ1n) is 7.94. The summed E-state index contributed by atoms with van der Waals surface area (Å²) in [5, 5.41) is 3.12. The Morgan fingerprint density at radius 2 is 1.96 bits per heavy atom. The van der Waals surface area contributed by atoms with E-state index in [1.54, 1.807) is 0 Å². The van der Waals surface area contributed by atoms with E-state index in [2.05, 4.69) is 20.9 Å². The number of nitrogens with zero attached hydrogens (tertiary/aromatic N) is 2. The van der Waals surface area contributed by atoms with E-state index < -0.39 is 0 Å². The van der Waals surface area contributed by atoms with Crippen LogP contribution in [-0.2, 0) is 18.3 Å². The lowest BCUT2D eigenvalue weighted by molar-refractivity contribution is -0.123. The first-order valence-corrected chi connectivity index (χ1v) is 7.94. The van der Waals surface area contributed by atoms with Crippen LogP contribution >= 0.6 is 0 Å². The lowest BCUT2D eigenvalue weighted by Gasteiger charge is -2.30. The Balaban J connectivity index is 1.55. The van der Waals surface area contributed by atoms with Crippen LogP contribution in [0, 0.1) is 0 Å². The molecule has 23 heavy (non-hydrogen) atoms. The van der Waals surface area contributed by atoms with E-state index in [9.17, 15) is 4.79 Å². The maximum atomic E-state index is 12.6. The molecular formula is C19H19N3O. The fourth-order valence-corrected chi connectivity index (χ4v) is 3.42. The number of nitrogens with one attached hydrogen (secondary N) is 1. The standard InChI is InChI=1S/C19H19N3O/c1-12(18-21-16-9-5-6-10-17(16)22(18)2)20-19(23)15-11-13-7-3-4-8-14(13)15/h3-10,12,15H,11H2,1-2H3,(H,20,23)/t12-,15-/m1/s1. The average Bonchev–Trinajstić information content (AvgIpc) is 2.86. The summed E-state index contributed by atoms with van der Waals surface area (Å²) in [6.45, 7) is 1.99. The zero-order valence-corrected chi connectivity index (χ0v) is 13.3. The van der Waals surface area contributed by atoms with E-state index in [0.29, 0.717) is 0 Å². The number of amides is 1. The Morgan fingerprint density at radius 3 is 2.74 bits per heavy atom. The third kappa shape index (κ3) is 2.22. The van der Waals surface area contributed by atoms with Crippen LogP contribution in [0.1, 0.15) is 35.8 Å². The van der Waals surface area contributed by atoms with Crippen LogP contribution in [0.4, 0.5) is 0 Å². The van der Waals surface area contributed by atoms with Gasteiger partial charge in [0, 0.05) is 7.05 Å². The van der Waals surface area contributed by atoms with Crippen molar-refractivity contribution in [2.45, 2.75) is 25.3 Å². The number of aromatic nitrogens is 2. The fraction of sp³-hybridized carbons (Fsp3) is 0.263. The van der Waals surface area contributed by atoms with Crippen LogP contribution in [0.5, 0.6) is 0 Å². The Morgan fingerprint density at radius 1 is 1.22 bits per heavy atom. The molecule has 0 fully saturated rings. The topological polar surface area (TPSA) is 46.9 Å². The van der Waals surface area contributed by atoms with Gasteiger partial charge in [-0.25, -0.2) is 4.98 Å². The number of imidazole rings is 1. The Hall–Kier alpha value is -2.62. The third-order valence-corrected chi connectivity index (χ3v) is 4.74. The molecule has 0 aliphatic heterocycles. The van der Waals surface area contributed by atoms with Crippen molar-refractivity contribution in [2.75, 3.05) is 0 Å². The van der Waals surface area contributed by atoms with Gasteiger partial charge < -0.3 is 9.88 Å². The molecule has 2 aromatic carbocycles. The zero-order valence-electron chi connectivity index (χ0n) is 13.3. The van der Waals surface area contributed by atoms with Gasteiger partial charge in [-0.15, -0.1) is 0 Å². The first-order chi connectivity index (χ1) is 11.1. The van der Waals surface area contributed by atoms with Gasteiger partial charge in [0.15, 0.2) is 0 Å². The van der Waals surface area contributed by atoms with Crippen LogP contribution < -0.4 is 5.32 Å². The van der Waals surface area contributed by atoms with Crippen molar-refractivity contribution in [1.82, 2.24) is 14.9 Å². The number of para-hydroxylation sites is 2. The lowest BCUT2D eigenvalue weighted by Crippen LogP contribution is -2.37. The van der Waals surface area contributed by atoms with E-state index in [1.165, 1.54) is 5.56 Å². The Labute approximate surface area is 135 Å². The summed E-state index contributed by atoms with van der Waals surface area (Å²) in [4.78, 5) is 17.2. The van der Waals surface area contributed by atoms with E-state index in [-0.39, 0.29) is 17.9 Å². The number of carbonyl (C=O) groups excluding carboxylic acids is 1. The summed E-state index contributed by atoms with van der Waals surface area (Å²) in [5.41, 5.74) is 4.47. The third-order valence-electron chi connectivity index (χ3n) is 4.74. The smallest absolute Gasteiger partial charge is 0.228 e. The zero-order chi connectivity index (χ0) is 16.0. The highest BCUT2D eigenvalue weighted by Gasteiger charge is 2.32. The lowest BCUT2D eigenvalue weighted by atomic mass is 9.77. The molecule has 1 aliphatic carbocycles. The maximum absolute atomic E-state index is 12.6. The van der Waals surface area contributed by atoms with Crippen LogP contribution in [0.15, 0.2) is 48.5 Å². The number of benzene rings is 2. The second-order valence-electron chi connectivity index (χ2n) is 6.20. The van der Waals surface area contributed by atoms with Crippen molar-refractivity contribution in [1.29, 1.82) is 0 Å². The summed E-state index contributed by atoms with van der Waals surface area (Å²) in [6.07, 6.45) is 0.831. The second kappa shape index (κ2) is 5.23. The van der Waals surface area contributed by atoms with Crippen molar-refractivity contribution in [2.24, 2.45) is 7.05 Å². The number of aryl methyl sites for hydroxylation is 1. The summed E-state index contributed by atoms with van der Waals surface area (Å²) >= 11 is 0. The molecule has 0 spiro atoms. The van der Waals surface area contributed by atoms with E-state index >= 15 is 0 Å². The number of hydrogen-bond donors (Lipinski definition) is 1. The minimum absolute atomic E-state index is 0.0247. The van der Waals surface area contributed by atoms with E-state index in [0.717, 1.165) is 28.8 Å². The van der Waals surface area contributed by atoms with E-state index in [1.807, 2.05) is 56.4 Å². The molecule has 4 rings (SSSR count). The molecule has 4 heteroatoms. The van der Waals surface area contributed by atoms with Crippen LogP contribution in [-0.4, -0.2) is 15.5 Å². The number of hydrogen-bond acceptors (Lipinski definition) is 2. The number of carbonyl (C=O) groups is 1. The molecular weight excluding hydrogens is 286 g/mol. The predicted octanol–water partition coefficient (Wildman–Crippen LogP) is 3.09. The number of fused-ring (bicyclic) bond motifs is 2. The maximum Gasteiger partial charge on any atom is 0.228 e. The van der Waals surface area contributed by atoms with Crippen molar-refractivity contribution < 1.29 is 4.79 Å². The van der Waals surface area contributed by atoms with Crippen molar-refractivity contribution >= 4 is 16.9 Å². The highest BCUT2D eigenvalue weighted by Crippen LogP contribution is 2.35. The fourth-order valence-electron chi connectivity index (χ4n) is 3.42. The largest absolute Gasteiger partial charge is 0.346 e. The minimum Gasteiger partial charge on any atom is -0.346 e. The van der Waals surface area contributed by atoms with Crippen LogP contribution in [0.25, 0.3) is 11.0 Å². The van der Waals surface area contributed by atoms with Crippen LogP contribution in [0.2, 0.25) is 0 Å². The van der Waals surface area contributed by atoms with Gasteiger partial charge in [0.05, 0.1) is 23.0 Å². The molecule has 0 radical (unpaired) electrons. The highest BCUT2D eigenvalue weighted by molar-refractivity contribution is 5.87. The number of rotatable bonds is 3. The molecule has 0 bridgehead atoms. The van der Waals surface area contributed by atoms with Crippen molar-refractivity contribution in [3.05, 3.63) is 65.5 Å². The molecule has 0 saturated heterocycles. The van der Waals surface area contributed by atoms with Gasteiger partial charge in [0.2, 0.25) is 5.91 Å². The van der Waals surface area contributed by atoms with Crippen molar-refractivity contribution in [3.8, 4) is 0 Å². The predicted molar refractivity (Wildman–Crippen MR) is 90.2 cm³/mol. The average molecular weight is 305 g/mol. The monoisotopic (exact) mass is 305 g/mol. The van der Waals surface area contributed by atoms with Gasteiger partial charge in [-0.05, 0) is 36.6 Å². The molecule has 2 atom stereocenters. The Kier molecular flexibility index (Phi) is 3.18. The molecule has 1 amide bonds. The summed E-state index contributed by atoms with van der Waals surface area (Å²) < 4.78 is 2.05. The summed E-state index contributed by atoms with van der Waals surface area (Å²) in [7, 11) is 1.99. The molecule has 4 nitrogen and oxygen atoms in total. The summed E-state index contributed by atoms with van der Waals surface area (Å²) in [6, 6.07) is 16.1. The van der Waals surface area contributed by atoms with Gasteiger partial charge >= 0.3 is 0 Å². The molecule has 116 valence electrons. The quantitative estimate of drug-likeness (QED) is 0.808. The van der Waals surface area contributed by atoms with Gasteiger partial charge in [-0.2, -0.15) is 0 Å². The Bertz CT molecular complexity index is 897. The van der Waals surface area contributed by atoms with E-state index in [4.69, 9.17) is 0 Å². The molecule has 3 aromatic rings. The molecule has 1 heterocycles. The molecule has 1 aliphatic rings. The first kappa shape index (κ1) is 14.0. The van der Waals surface area contributed by atoms with Gasteiger partial charge in [-0.3, -0.25) is 4.79 Å². The van der Waals surface area contributed by atoms with Gasteiger partial charge in [-0.1, -0.05) is 36.4 Å². The minimum atomic E-state index is -0.118. The molecule has 0 saturated carbocycles. The van der Waals surface area contributed by atoms with Gasteiger partial charge in [0.1, 0.15) is 5.82 Å².